The Bertz CT molecular complexity index is 3660. The van der Waals surface area contributed by atoms with Crippen LogP contribution in [0.15, 0.2) is 243 Å². The van der Waals surface area contributed by atoms with Crippen molar-refractivity contribution in [1.82, 2.24) is 9.13 Å². The summed E-state index contributed by atoms with van der Waals surface area (Å²) in [6.07, 6.45) is 0. The highest BCUT2D eigenvalue weighted by Gasteiger charge is 2.48. The minimum atomic E-state index is -2.56. The molecule has 0 radical (unpaired) electrons. The minimum Gasteiger partial charge on any atom is -0.309 e. The number of para-hydroxylation sites is 2. The topological polar surface area (TPSA) is 9.86 Å². The molecule has 1 aliphatic heterocycles. The molecule has 2 aromatic heterocycles. The molecule has 0 amide bonds. The van der Waals surface area contributed by atoms with E-state index in [0.717, 1.165) is 11.4 Å². The predicted octanol–water partition coefficient (Wildman–Crippen LogP) is 12.6. The maximum absolute atomic E-state index is 2.56. The first-order valence-electron chi connectivity index (χ1n) is 21.8. The number of hydrogen-bond acceptors (Lipinski definition) is 0. The second-order valence-electron chi connectivity index (χ2n) is 16.8. The zero-order valence-corrected chi connectivity index (χ0v) is 35.5. The van der Waals surface area contributed by atoms with E-state index in [0.29, 0.717) is 0 Å². The van der Waals surface area contributed by atoms with Crippen LogP contribution in [0.25, 0.3) is 88.4 Å². The van der Waals surface area contributed by atoms with Gasteiger partial charge in [0.2, 0.25) is 0 Å². The Morgan fingerprint density at radius 2 is 0.810 bits per heavy atom. The SMILES string of the molecule is c1ccc(-c2ccc(-n3c4ccccc4c4c3ccc3c5ccccc5n(-c5cccc(-c6ccc([Si]7(c8ccccc8)c8ccccc8-c8ccccc87)cc6)c5)c34)cc2)cc1. The zero-order valence-electron chi connectivity index (χ0n) is 34.5. The van der Waals surface area contributed by atoms with Crippen molar-refractivity contribution < 1.29 is 0 Å². The molecule has 0 unspecified atom stereocenters. The molecule has 0 spiro atoms. The average molecular weight is 817 g/mol. The van der Waals surface area contributed by atoms with Crippen molar-refractivity contribution in [2.45, 2.75) is 0 Å². The molecule has 0 saturated carbocycles. The molecule has 0 saturated heterocycles. The summed E-state index contributed by atoms with van der Waals surface area (Å²) in [6, 6.07) is 90.2. The summed E-state index contributed by atoms with van der Waals surface area (Å²) in [6.45, 7) is 0. The highest BCUT2D eigenvalue weighted by Crippen LogP contribution is 2.42. The van der Waals surface area contributed by atoms with Gasteiger partial charge < -0.3 is 9.13 Å². The summed E-state index contributed by atoms with van der Waals surface area (Å²) >= 11 is 0. The van der Waals surface area contributed by atoms with Gasteiger partial charge in [-0.2, -0.15) is 0 Å². The maximum Gasteiger partial charge on any atom is 0.180 e. The normalized spacial score (nSPS) is 12.9. The van der Waals surface area contributed by atoms with Gasteiger partial charge in [-0.3, -0.25) is 0 Å². The van der Waals surface area contributed by atoms with Crippen LogP contribution < -0.4 is 20.7 Å². The molecule has 3 heterocycles. The van der Waals surface area contributed by atoms with Crippen molar-refractivity contribution in [2.75, 3.05) is 0 Å². The van der Waals surface area contributed by atoms with Crippen molar-refractivity contribution in [1.29, 1.82) is 0 Å². The van der Waals surface area contributed by atoms with Gasteiger partial charge in [-0.25, -0.2) is 0 Å². The number of rotatable bonds is 6. The Morgan fingerprint density at radius 1 is 0.286 bits per heavy atom. The molecule has 294 valence electrons. The van der Waals surface area contributed by atoms with E-state index < -0.39 is 8.07 Å². The molecule has 10 aromatic carbocycles. The predicted molar refractivity (Wildman–Crippen MR) is 269 cm³/mol. The van der Waals surface area contributed by atoms with E-state index >= 15 is 0 Å². The fourth-order valence-corrected chi connectivity index (χ4v) is 16.1. The molecule has 0 bridgehead atoms. The van der Waals surface area contributed by atoms with E-state index in [1.807, 2.05) is 0 Å². The molecule has 2 nitrogen and oxygen atoms in total. The van der Waals surface area contributed by atoms with E-state index in [-0.39, 0.29) is 0 Å². The van der Waals surface area contributed by atoms with Gasteiger partial charge >= 0.3 is 0 Å². The van der Waals surface area contributed by atoms with Crippen LogP contribution in [-0.4, -0.2) is 17.2 Å². The summed E-state index contributed by atoms with van der Waals surface area (Å²) in [4.78, 5) is 0. The summed E-state index contributed by atoms with van der Waals surface area (Å²) in [5, 5.41) is 10.8. The fourth-order valence-electron chi connectivity index (χ4n) is 10.9. The van der Waals surface area contributed by atoms with Gasteiger partial charge in [0.05, 0.1) is 22.1 Å². The van der Waals surface area contributed by atoms with Gasteiger partial charge in [-0.15, -0.1) is 0 Å². The van der Waals surface area contributed by atoms with E-state index in [4.69, 9.17) is 0 Å². The monoisotopic (exact) mass is 816 g/mol. The molecule has 0 fully saturated rings. The van der Waals surface area contributed by atoms with Crippen LogP contribution >= 0.6 is 0 Å². The molecule has 0 atom stereocenters. The number of benzene rings is 10. The molecular formula is C60H40N2Si. The van der Waals surface area contributed by atoms with Crippen molar-refractivity contribution >= 4 is 72.4 Å². The zero-order chi connectivity index (χ0) is 41.5. The van der Waals surface area contributed by atoms with Crippen LogP contribution in [0.1, 0.15) is 0 Å². The molecule has 12 aromatic rings. The molecule has 3 heteroatoms. The maximum atomic E-state index is 2.50. The first-order chi connectivity index (χ1) is 31.3. The van der Waals surface area contributed by atoms with Crippen LogP contribution in [0.5, 0.6) is 0 Å². The number of fused-ring (bicyclic) bond motifs is 10. The first-order valence-corrected chi connectivity index (χ1v) is 23.8. The third-order valence-electron chi connectivity index (χ3n) is 13.6. The molecule has 1 aliphatic rings. The van der Waals surface area contributed by atoms with E-state index in [1.54, 1.807) is 0 Å². The third kappa shape index (κ3) is 5.24. The minimum absolute atomic E-state index is 1.15. The lowest BCUT2D eigenvalue weighted by atomic mass is 10.0. The van der Waals surface area contributed by atoms with Gasteiger partial charge in [-0.05, 0) is 96.6 Å². The van der Waals surface area contributed by atoms with Crippen molar-refractivity contribution in [3.05, 3.63) is 243 Å². The van der Waals surface area contributed by atoms with E-state index in [2.05, 4.69) is 252 Å². The van der Waals surface area contributed by atoms with Crippen molar-refractivity contribution in [3.63, 3.8) is 0 Å². The molecule has 13 rings (SSSR count). The third-order valence-corrected chi connectivity index (χ3v) is 18.5. The van der Waals surface area contributed by atoms with E-state index in [9.17, 15) is 0 Å². The lowest BCUT2D eigenvalue weighted by Crippen LogP contribution is -2.72. The Hall–Kier alpha value is -7.98. The van der Waals surface area contributed by atoms with Crippen LogP contribution in [0.2, 0.25) is 0 Å². The van der Waals surface area contributed by atoms with Gasteiger partial charge in [0.15, 0.2) is 8.07 Å². The van der Waals surface area contributed by atoms with Crippen molar-refractivity contribution in [3.8, 4) is 44.8 Å². The molecule has 0 aliphatic carbocycles. The van der Waals surface area contributed by atoms with Crippen LogP contribution in [0, 0.1) is 0 Å². The second kappa shape index (κ2) is 14.0. The quantitative estimate of drug-likeness (QED) is 0.148. The Morgan fingerprint density at radius 3 is 1.52 bits per heavy atom. The Balaban J connectivity index is 0.980. The highest BCUT2D eigenvalue weighted by atomic mass is 28.3. The smallest absolute Gasteiger partial charge is 0.180 e. The van der Waals surface area contributed by atoms with Gasteiger partial charge in [-0.1, -0.05) is 200 Å². The van der Waals surface area contributed by atoms with Crippen molar-refractivity contribution in [2.24, 2.45) is 0 Å². The van der Waals surface area contributed by atoms with Gasteiger partial charge in [0.25, 0.3) is 0 Å². The summed E-state index contributed by atoms with van der Waals surface area (Å²) in [5.74, 6) is 0. The second-order valence-corrected chi connectivity index (χ2v) is 20.5. The Labute approximate surface area is 367 Å². The number of aromatic nitrogens is 2. The van der Waals surface area contributed by atoms with Gasteiger partial charge in [0.1, 0.15) is 0 Å². The van der Waals surface area contributed by atoms with Crippen LogP contribution in [0.3, 0.4) is 0 Å². The van der Waals surface area contributed by atoms with Crippen LogP contribution in [-0.2, 0) is 0 Å². The summed E-state index contributed by atoms with van der Waals surface area (Å²) < 4.78 is 4.94. The number of nitrogens with zero attached hydrogens (tertiary/aromatic N) is 2. The largest absolute Gasteiger partial charge is 0.309 e. The average Bonchev–Trinajstić information content (AvgIpc) is 3.99. The summed E-state index contributed by atoms with van der Waals surface area (Å²) in [7, 11) is -2.56. The van der Waals surface area contributed by atoms with E-state index in [1.165, 1.54) is 97.7 Å². The first kappa shape index (κ1) is 35.7. The molecule has 63 heavy (non-hydrogen) atoms. The fraction of sp³-hybridized carbons (Fsp3) is 0. The Kier molecular flexibility index (Phi) is 7.96. The van der Waals surface area contributed by atoms with Gasteiger partial charge in [0, 0.05) is 32.9 Å². The summed E-state index contributed by atoms with van der Waals surface area (Å²) in [5.41, 5.74) is 14.7. The lowest BCUT2D eigenvalue weighted by Gasteiger charge is -2.31. The molecule has 0 N–H and O–H groups in total. The highest BCUT2D eigenvalue weighted by molar-refractivity contribution is 7.22. The van der Waals surface area contributed by atoms with Crippen LogP contribution in [0.4, 0.5) is 0 Å². The molecular weight excluding hydrogens is 777 g/mol. The lowest BCUT2D eigenvalue weighted by molar-refractivity contribution is 1.17. The standard InChI is InChI=1S/C60H40N2Si/c1-3-16-41(17-4-1)42-30-34-45(35-31-42)61-55-27-12-8-25-53(55)59-56(61)39-38-52-49-22-7-11-26-54(49)62(60(52)59)46-19-15-18-44(40-46)43-32-36-48(37-33-43)63(47-20-5-2-6-21-47)57-28-13-9-23-50(57)51-24-10-14-29-58(51)63/h1-40H. The number of hydrogen-bond donors (Lipinski definition) is 0.